The van der Waals surface area contributed by atoms with Crippen LogP contribution in [0.5, 0.6) is 0 Å². The second kappa shape index (κ2) is 8.54. The molecule has 0 aliphatic carbocycles. The van der Waals surface area contributed by atoms with E-state index in [9.17, 15) is 0 Å². The molecule has 5 aromatic carbocycles. The van der Waals surface area contributed by atoms with Gasteiger partial charge in [-0.2, -0.15) is 0 Å². The number of benzene rings is 5. The number of hydrogen-bond acceptors (Lipinski definition) is 4. The van der Waals surface area contributed by atoms with Crippen molar-refractivity contribution in [1.29, 1.82) is 0 Å². The van der Waals surface area contributed by atoms with Crippen LogP contribution >= 0.6 is 11.6 Å². The summed E-state index contributed by atoms with van der Waals surface area (Å²) in [5.74, 6) is 0.544. The Balaban J connectivity index is 1.44. The van der Waals surface area contributed by atoms with Crippen LogP contribution < -0.4 is 0 Å². The van der Waals surface area contributed by atoms with E-state index >= 15 is 0 Å². The van der Waals surface area contributed by atoms with E-state index < -0.39 is 0 Å². The molecule has 0 saturated carbocycles. The summed E-state index contributed by atoms with van der Waals surface area (Å²) in [6, 6.07) is 30.2. The SMILES string of the molecule is CO/C=C/c1ccc2cc(Cl)ccc2c1-c1cccc2nc(-c3ccc4c(c3)oc3ccccc34)oc12. The standard InChI is InChI=1S/C32H20ClNO3/c1-35-16-15-19-9-10-20-17-22(33)12-14-23(20)30(19)26-6-4-7-27-31(26)37-32(34-27)21-11-13-25-24-5-2-3-8-28(24)36-29(25)18-21/h2-18H,1H3/b16-15+. The number of para-hydroxylation sites is 2. The summed E-state index contributed by atoms with van der Waals surface area (Å²) in [6.07, 6.45) is 3.63. The van der Waals surface area contributed by atoms with Crippen molar-refractivity contribution < 1.29 is 13.6 Å². The topological polar surface area (TPSA) is 48.4 Å². The molecule has 7 rings (SSSR count). The number of methoxy groups -OCH3 is 1. The quantitative estimate of drug-likeness (QED) is 0.225. The molecule has 4 nitrogen and oxygen atoms in total. The van der Waals surface area contributed by atoms with Crippen LogP contribution in [-0.4, -0.2) is 12.1 Å². The smallest absolute Gasteiger partial charge is 0.227 e. The zero-order chi connectivity index (χ0) is 24.9. The van der Waals surface area contributed by atoms with E-state index in [0.717, 1.165) is 66.1 Å². The van der Waals surface area contributed by atoms with Gasteiger partial charge in [-0.25, -0.2) is 4.98 Å². The Morgan fingerprint density at radius 1 is 0.784 bits per heavy atom. The molecule has 0 amide bonds. The van der Waals surface area contributed by atoms with Gasteiger partial charge in [-0.15, -0.1) is 0 Å². The van der Waals surface area contributed by atoms with E-state index in [-0.39, 0.29) is 0 Å². The fourth-order valence-electron chi connectivity index (χ4n) is 5.03. The third kappa shape index (κ3) is 3.57. The molecule has 0 N–H and O–H groups in total. The van der Waals surface area contributed by atoms with E-state index in [1.807, 2.05) is 66.7 Å². The van der Waals surface area contributed by atoms with Crippen LogP contribution in [0.15, 0.2) is 106 Å². The van der Waals surface area contributed by atoms with Gasteiger partial charge in [0.1, 0.15) is 16.7 Å². The van der Waals surface area contributed by atoms with E-state index in [4.69, 9.17) is 30.2 Å². The van der Waals surface area contributed by atoms with E-state index in [1.54, 1.807) is 13.4 Å². The summed E-state index contributed by atoms with van der Waals surface area (Å²) in [5.41, 5.74) is 7.01. The number of nitrogens with zero attached hydrogens (tertiary/aromatic N) is 1. The summed E-state index contributed by atoms with van der Waals surface area (Å²) >= 11 is 6.30. The van der Waals surface area contributed by atoms with Gasteiger partial charge in [-0.1, -0.05) is 60.1 Å². The van der Waals surface area contributed by atoms with Crippen molar-refractivity contribution in [2.75, 3.05) is 7.11 Å². The van der Waals surface area contributed by atoms with Gasteiger partial charge in [0.2, 0.25) is 5.89 Å². The Morgan fingerprint density at radius 3 is 2.57 bits per heavy atom. The van der Waals surface area contributed by atoms with Gasteiger partial charge in [-0.05, 0) is 64.9 Å². The second-order valence-corrected chi connectivity index (χ2v) is 9.35. The molecule has 0 radical (unpaired) electrons. The van der Waals surface area contributed by atoms with Crippen LogP contribution in [0.25, 0.3) is 72.5 Å². The summed E-state index contributed by atoms with van der Waals surface area (Å²) in [5, 5.41) is 4.97. The highest BCUT2D eigenvalue weighted by atomic mass is 35.5. The molecule has 0 bridgehead atoms. The zero-order valence-electron chi connectivity index (χ0n) is 19.9. The first-order valence-corrected chi connectivity index (χ1v) is 12.3. The van der Waals surface area contributed by atoms with Gasteiger partial charge in [0.25, 0.3) is 0 Å². The molecule has 2 heterocycles. The van der Waals surface area contributed by atoms with Crippen LogP contribution in [0, 0.1) is 0 Å². The number of aromatic nitrogens is 1. The van der Waals surface area contributed by atoms with E-state index in [1.165, 1.54) is 0 Å². The summed E-state index contributed by atoms with van der Waals surface area (Å²) < 4.78 is 17.8. The molecule has 0 spiro atoms. The van der Waals surface area contributed by atoms with Gasteiger partial charge in [0, 0.05) is 32.5 Å². The number of fused-ring (bicyclic) bond motifs is 5. The minimum absolute atomic E-state index is 0.544. The molecular formula is C32H20ClNO3. The third-order valence-electron chi connectivity index (χ3n) is 6.71. The monoisotopic (exact) mass is 501 g/mol. The number of halogens is 1. The van der Waals surface area contributed by atoms with Crippen molar-refractivity contribution in [3.8, 4) is 22.6 Å². The lowest BCUT2D eigenvalue weighted by molar-refractivity contribution is 0.341. The van der Waals surface area contributed by atoms with Crippen LogP contribution in [0.2, 0.25) is 5.02 Å². The van der Waals surface area contributed by atoms with Crippen molar-refractivity contribution in [1.82, 2.24) is 4.98 Å². The average molecular weight is 502 g/mol. The van der Waals surface area contributed by atoms with Crippen molar-refractivity contribution in [3.63, 3.8) is 0 Å². The minimum Gasteiger partial charge on any atom is -0.504 e. The first kappa shape index (κ1) is 21.7. The summed E-state index contributed by atoms with van der Waals surface area (Å²) in [4.78, 5) is 4.84. The number of oxazole rings is 1. The Hall–Kier alpha value is -4.54. The van der Waals surface area contributed by atoms with Gasteiger partial charge in [0.05, 0.1) is 13.4 Å². The molecule has 7 aromatic rings. The lowest BCUT2D eigenvalue weighted by atomic mass is 9.92. The van der Waals surface area contributed by atoms with Crippen molar-refractivity contribution in [2.24, 2.45) is 0 Å². The zero-order valence-corrected chi connectivity index (χ0v) is 20.6. The molecule has 178 valence electrons. The highest BCUT2D eigenvalue weighted by molar-refractivity contribution is 6.31. The fraction of sp³-hybridized carbons (Fsp3) is 0.0312. The Morgan fingerprint density at radius 2 is 1.65 bits per heavy atom. The lowest BCUT2D eigenvalue weighted by Crippen LogP contribution is -1.88. The van der Waals surface area contributed by atoms with Crippen molar-refractivity contribution in [2.45, 2.75) is 0 Å². The number of hydrogen-bond donors (Lipinski definition) is 0. The molecule has 0 atom stereocenters. The predicted octanol–water partition coefficient (Wildman–Crippen LogP) is 9.48. The minimum atomic E-state index is 0.544. The maximum Gasteiger partial charge on any atom is 0.227 e. The molecule has 0 aliphatic rings. The van der Waals surface area contributed by atoms with Gasteiger partial charge in [0.15, 0.2) is 5.58 Å². The highest BCUT2D eigenvalue weighted by Crippen LogP contribution is 2.40. The Kier molecular flexibility index (Phi) is 5.01. The molecule has 5 heteroatoms. The van der Waals surface area contributed by atoms with E-state index in [0.29, 0.717) is 10.9 Å². The third-order valence-corrected chi connectivity index (χ3v) is 6.94. The predicted molar refractivity (Wildman–Crippen MR) is 151 cm³/mol. The summed E-state index contributed by atoms with van der Waals surface area (Å²) in [7, 11) is 1.64. The molecule has 0 unspecified atom stereocenters. The largest absolute Gasteiger partial charge is 0.504 e. The molecule has 0 fully saturated rings. The van der Waals surface area contributed by atoms with Crippen molar-refractivity contribution in [3.05, 3.63) is 108 Å². The van der Waals surface area contributed by atoms with Crippen LogP contribution in [0.3, 0.4) is 0 Å². The van der Waals surface area contributed by atoms with Crippen LogP contribution in [0.1, 0.15) is 5.56 Å². The maximum atomic E-state index is 6.46. The molecular weight excluding hydrogens is 482 g/mol. The van der Waals surface area contributed by atoms with Gasteiger partial charge < -0.3 is 13.6 Å². The Labute approximate surface area is 217 Å². The summed E-state index contributed by atoms with van der Waals surface area (Å²) in [6.45, 7) is 0. The molecule has 37 heavy (non-hydrogen) atoms. The molecule has 0 saturated heterocycles. The van der Waals surface area contributed by atoms with Crippen LogP contribution in [0.4, 0.5) is 0 Å². The van der Waals surface area contributed by atoms with E-state index in [2.05, 4.69) is 30.3 Å². The highest BCUT2D eigenvalue weighted by Gasteiger charge is 2.18. The number of ether oxygens (including phenoxy) is 1. The lowest BCUT2D eigenvalue weighted by Gasteiger charge is -2.12. The van der Waals surface area contributed by atoms with Gasteiger partial charge in [-0.3, -0.25) is 0 Å². The normalized spacial score (nSPS) is 11.9. The molecule has 0 aliphatic heterocycles. The first-order valence-electron chi connectivity index (χ1n) is 11.9. The Bertz CT molecular complexity index is 2000. The van der Waals surface area contributed by atoms with Crippen molar-refractivity contribution >= 4 is 61.5 Å². The first-order chi connectivity index (χ1) is 18.2. The number of rotatable bonds is 4. The van der Waals surface area contributed by atoms with Gasteiger partial charge >= 0.3 is 0 Å². The maximum absolute atomic E-state index is 6.46. The van der Waals surface area contributed by atoms with Crippen LogP contribution in [-0.2, 0) is 4.74 Å². The number of furan rings is 1. The average Bonchev–Trinajstić information content (AvgIpc) is 3.53. The fourth-order valence-corrected chi connectivity index (χ4v) is 5.21. The molecule has 2 aromatic heterocycles. The second-order valence-electron chi connectivity index (χ2n) is 8.92.